The number of amides is 3. The minimum Gasteiger partial charge on any atom is -0.380 e. The molecule has 1 aromatic heterocycles. The zero-order chi connectivity index (χ0) is 24.5. The van der Waals surface area contributed by atoms with Crippen LogP contribution in [0.15, 0.2) is 65.2 Å². The first-order valence-electron chi connectivity index (χ1n) is 9.93. The molecule has 0 spiro atoms. The van der Waals surface area contributed by atoms with E-state index < -0.39 is 23.7 Å². The van der Waals surface area contributed by atoms with Crippen LogP contribution < -0.4 is 21.7 Å². The van der Waals surface area contributed by atoms with Crippen LogP contribution in [0.25, 0.3) is 11.0 Å². The number of halogens is 3. The van der Waals surface area contributed by atoms with Gasteiger partial charge in [-0.3, -0.25) is 4.79 Å². The van der Waals surface area contributed by atoms with Crippen LogP contribution in [0.3, 0.4) is 0 Å². The van der Waals surface area contributed by atoms with Crippen LogP contribution in [0, 0.1) is 6.92 Å². The number of nitrogens with two attached hydrogens (primary N) is 1. The summed E-state index contributed by atoms with van der Waals surface area (Å²) in [5, 5.41) is 11.9. The number of urea groups is 1. The standard InChI is InChI=1S/C23H18F3N5O3/c1-12-11-15(28-21(32)16-3-2-4-18-19(16)20(27)31-34-18)9-10-17(12)30-22(33)29-14-7-5-13(6-8-14)23(24,25)26/h2-11H,1H3,(H2,27,31)(H,28,32)(H2,29,30,33). The Morgan fingerprint density at radius 3 is 2.32 bits per heavy atom. The highest BCUT2D eigenvalue weighted by Crippen LogP contribution is 2.30. The van der Waals surface area contributed by atoms with Crippen LogP contribution in [-0.4, -0.2) is 17.1 Å². The van der Waals surface area contributed by atoms with E-state index in [0.29, 0.717) is 33.5 Å². The first-order valence-corrected chi connectivity index (χ1v) is 9.93. The lowest BCUT2D eigenvalue weighted by Gasteiger charge is -2.13. The van der Waals surface area contributed by atoms with Gasteiger partial charge in [-0.15, -0.1) is 0 Å². The number of alkyl halides is 3. The van der Waals surface area contributed by atoms with Crippen molar-refractivity contribution in [3.8, 4) is 0 Å². The smallest absolute Gasteiger partial charge is 0.380 e. The fourth-order valence-electron chi connectivity index (χ4n) is 3.31. The molecule has 0 unspecified atom stereocenters. The van der Waals surface area contributed by atoms with Crippen LogP contribution in [0.4, 0.5) is 40.8 Å². The second-order valence-corrected chi connectivity index (χ2v) is 7.38. The van der Waals surface area contributed by atoms with Gasteiger partial charge in [0.1, 0.15) is 0 Å². The van der Waals surface area contributed by atoms with Crippen molar-refractivity contribution in [3.05, 3.63) is 77.4 Å². The number of aromatic nitrogens is 1. The van der Waals surface area contributed by atoms with Gasteiger partial charge in [0, 0.05) is 17.1 Å². The van der Waals surface area contributed by atoms with E-state index in [0.717, 1.165) is 24.3 Å². The molecule has 0 radical (unpaired) electrons. The van der Waals surface area contributed by atoms with E-state index in [1.165, 1.54) is 0 Å². The second-order valence-electron chi connectivity index (χ2n) is 7.38. The number of carbonyl (C=O) groups excluding carboxylic acids is 2. The topological polar surface area (TPSA) is 122 Å². The van der Waals surface area contributed by atoms with Crippen molar-refractivity contribution >= 4 is 45.8 Å². The molecule has 8 nitrogen and oxygen atoms in total. The summed E-state index contributed by atoms with van der Waals surface area (Å²) in [4.78, 5) is 25.0. The Balaban J connectivity index is 1.42. The molecule has 34 heavy (non-hydrogen) atoms. The lowest BCUT2D eigenvalue weighted by molar-refractivity contribution is -0.137. The van der Waals surface area contributed by atoms with Gasteiger partial charge in [-0.1, -0.05) is 11.2 Å². The number of anilines is 4. The average molecular weight is 469 g/mol. The Morgan fingerprint density at radius 2 is 1.65 bits per heavy atom. The zero-order valence-electron chi connectivity index (χ0n) is 17.7. The summed E-state index contributed by atoms with van der Waals surface area (Å²) in [5.74, 6) is -0.309. The molecule has 0 bridgehead atoms. The van der Waals surface area contributed by atoms with Gasteiger partial charge in [-0.05, 0) is 67.1 Å². The number of nitrogens with zero attached hydrogens (tertiary/aromatic N) is 1. The largest absolute Gasteiger partial charge is 0.416 e. The first-order chi connectivity index (χ1) is 16.1. The number of rotatable bonds is 4. The zero-order valence-corrected chi connectivity index (χ0v) is 17.7. The molecule has 0 aliphatic rings. The van der Waals surface area contributed by atoms with Crippen molar-refractivity contribution in [3.63, 3.8) is 0 Å². The van der Waals surface area contributed by atoms with Crippen LogP contribution in [-0.2, 0) is 6.18 Å². The van der Waals surface area contributed by atoms with Gasteiger partial charge in [-0.25, -0.2) is 4.79 Å². The van der Waals surface area contributed by atoms with Crippen molar-refractivity contribution in [2.24, 2.45) is 0 Å². The number of hydrogen-bond donors (Lipinski definition) is 4. The summed E-state index contributed by atoms with van der Waals surface area (Å²) in [6, 6.07) is 13.2. The summed E-state index contributed by atoms with van der Waals surface area (Å²) < 4.78 is 43.0. The van der Waals surface area contributed by atoms with E-state index in [2.05, 4.69) is 21.1 Å². The molecule has 4 aromatic rings. The SMILES string of the molecule is Cc1cc(NC(=O)c2cccc3onc(N)c23)ccc1NC(=O)Nc1ccc(C(F)(F)F)cc1. The van der Waals surface area contributed by atoms with Crippen molar-refractivity contribution < 1.29 is 27.3 Å². The van der Waals surface area contributed by atoms with Gasteiger partial charge in [0.15, 0.2) is 11.4 Å². The third-order valence-corrected chi connectivity index (χ3v) is 4.97. The Hall–Kier alpha value is -4.54. The average Bonchev–Trinajstić information content (AvgIpc) is 3.16. The van der Waals surface area contributed by atoms with Crippen molar-refractivity contribution in [1.29, 1.82) is 0 Å². The van der Waals surface area contributed by atoms with E-state index in [1.807, 2.05) is 0 Å². The van der Waals surface area contributed by atoms with Gasteiger partial charge in [-0.2, -0.15) is 13.2 Å². The number of benzene rings is 3. The van der Waals surface area contributed by atoms with Gasteiger partial charge in [0.25, 0.3) is 5.91 Å². The fraction of sp³-hybridized carbons (Fsp3) is 0.0870. The fourth-order valence-corrected chi connectivity index (χ4v) is 3.31. The maximum atomic E-state index is 12.8. The Morgan fingerprint density at radius 1 is 0.941 bits per heavy atom. The van der Waals surface area contributed by atoms with Crippen LogP contribution >= 0.6 is 0 Å². The quantitative estimate of drug-likeness (QED) is 0.308. The highest BCUT2D eigenvalue weighted by atomic mass is 19.4. The van der Waals surface area contributed by atoms with Gasteiger partial charge in [0.2, 0.25) is 0 Å². The summed E-state index contributed by atoms with van der Waals surface area (Å²) >= 11 is 0. The summed E-state index contributed by atoms with van der Waals surface area (Å²) in [6.07, 6.45) is -4.45. The monoisotopic (exact) mass is 469 g/mol. The molecule has 4 rings (SSSR count). The summed E-state index contributed by atoms with van der Waals surface area (Å²) in [5.41, 5.74) is 7.45. The van der Waals surface area contributed by atoms with Gasteiger partial charge < -0.3 is 26.2 Å². The van der Waals surface area contributed by atoms with E-state index in [1.54, 1.807) is 43.3 Å². The Bertz CT molecular complexity index is 1380. The minimum atomic E-state index is -4.45. The van der Waals surface area contributed by atoms with Gasteiger partial charge in [0.05, 0.1) is 16.5 Å². The molecule has 0 aliphatic carbocycles. The molecule has 0 aliphatic heterocycles. The predicted octanol–water partition coefficient (Wildman–Crippen LogP) is 5.63. The van der Waals surface area contributed by atoms with E-state index in [9.17, 15) is 22.8 Å². The Kier molecular flexibility index (Phi) is 5.84. The maximum Gasteiger partial charge on any atom is 0.416 e. The normalized spacial score (nSPS) is 11.3. The number of nitrogens with one attached hydrogen (secondary N) is 3. The molecular weight excluding hydrogens is 451 g/mol. The maximum absolute atomic E-state index is 12.8. The molecule has 5 N–H and O–H groups in total. The lowest BCUT2D eigenvalue weighted by Crippen LogP contribution is -2.20. The van der Waals surface area contributed by atoms with Crippen LogP contribution in [0.5, 0.6) is 0 Å². The molecule has 0 fully saturated rings. The van der Waals surface area contributed by atoms with E-state index >= 15 is 0 Å². The molecule has 0 saturated heterocycles. The van der Waals surface area contributed by atoms with E-state index in [-0.39, 0.29) is 11.5 Å². The van der Waals surface area contributed by atoms with Crippen molar-refractivity contribution in [1.82, 2.24) is 5.16 Å². The number of nitrogen functional groups attached to an aromatic ring is 1. The molecular formula is C23H18F3N5O3. The van der Waals surface area contributed by atoms with Crippen molar-refractivity contribution in [2.45, 2.75) is 13.1 Å². The highest BCUT2D eigenvalue weighted by Gasteiger charge is 2.30. The molecule has 3 aromatic carbocycles. The summed E-state index contributed by atoms with van der Waals surface area (Å²) in [7, 11) is 0. The molecule has 0 atom stereocenters. The molecule has 3 amide bonds. The molecule has 1 heterocycles. The van der Waals surface area contributed by atoms with Crippen molar-refractivity contribution in [2.75, 3.05) is 21.7 Å². The number of carbonyl (C=O) groups is 2. The predicted molar refractivity (Wildman–Crippen MR) is 122 cm³/mol. The third kappa shape index (κ3) is 4.77. The van der Waals surface area contributed by atoms with Crippen LogP contribution in [0.2, 0.25) is 0 Å². The minimum absolute atomic E-state index is 0.107. The first kappa shape index (κ1) is 22.6. The lowest BCUT2D eigenvalue weighted by atomic mass is 10.1. The number of hydrogen-bond acceptors (Lipinski definition) is 5. The number of aryl methyl sites for hydroxylation is 1. The summed E-state index contributed by atoms with van der Waals surface area (Å²) in [6.45, 7) is 1.72. The Labute approximate surface area is 190 Å². The number of fused-ring (bicyclic) bond motifs is 1. The molecule has 174 valence electrons. The van der Waals surface area contributed by atoms with Crippen LogP contribution in [0.1, 0.15) is 21.5 Å². The second kappa shape index (κ2) is 8.77. The molecule has 0 saturated carbocycles. The van der Waals surface area contributed by atoms with Gasteiger partial charge >= 0.3 is 12.2 Å². The molecule has 11 heteroatoms. The third-order valence-electron chi connectivity index (χ3n) is 4.97. The highest BCUT2D eigenvalue weighted by molar-refractivity contribution is 6.14. The van der Waals surface area contributed by atoms with E-state index in [4.69, 9.17) is 10.3 Å².